The molecule has 0 aromatic heterocycles. The number of methoxy groups -OCH3 is 2. The van der Waals surface area contributed by atoms with Crippen LogP contribution in [-0.2, 0) is 11.3 Å². The van der Waals surface area contributed by atoms with Gasteiger partial charge in [-0.25, -0.2) is 5.43 Å². The van der Waals surface area contributed by atoms with Gasteiger partial charge in [0.1, 0.15) is 5.75 Å². The van der Waals surface area contributed by atoms with Crippen molar-refractivity contribution in [3.8, 4) is 17.2 Å². The molecule has 7 nitrogen and oxygen atoms in total. The van der Waals surface area contributed by atoms with Crippen molar-refractivity contribution in [3.05, 3.63) is 53.6 Å². The highest BCUT2D eigenvalue weighted by molar-refractivity contribution is 5.80. The van der Waals surface area contributed by atoms with E-state index in [9.17, 15) is 4.79 Å². The zero-order chi connectivity index (χ0) is 20.8. The number of carbonyl (C=O) groups is 1. The Bertz CT molecular complexity index is 823. The van der Waals surface area contributed by atoms with Crippen molar-refractivity contribution in [1.29, 1.82) is 0 Å². The molecule has 3 N–H and O–H groups in total. The van der Waals surface area contributed by atoms with Gasteiger partial charge in [0, 0.05) is 13.1 Å². The number of amides is 1. The fourth-order valence-electron chi connectivity index (χ4n) is 3.38. The second-order valence-corrected chi connectivity index (χ2v) is 7.25. The quantitative estimate of drug-likeness (QED) is 0.633. The van der Waals surface area contributed by atoms with Crippen LogP contribution in [0.4, 0.5) is 0 Å². The molecular formula is C22H29N3O4. The summed E-state index contributed by atoms with van der Waals surface area (Å²) in [5, 5.41) is 3.04. The molecule has 0 spiro atoms. The summed E-state index contributed by atoms with van der Waals surface area (Å²) in [5.74, 6) is 1.88. The molecule has 1 heterocycles. The van der Waals surface area contributed by atoms with Crippen LogP contribution in [0.3, 0.4) is 0 Å². The third-order valence-corrected chi connectivity index (χ3v) is 4.85. The monoisotopic (exact) mass is 399 g/mol. The largest absolute Gasteiger partial charge is 0.493 e. The third kappa shape index (κ3) is 5.19. The Labute approximate surface area is 171 Å². The summed E-state index contributed by atoms with van der Waals surface area (Å²) in [6.45, 7) is 5.00. The lowest BCUT2D eigenvalue weighted by Crippen LogP contribution is -2.34. The van der Waals surface area contributed by atoms with E-state index in [1.54, 1.807) is 14.2 Å². The summed E-state index contributed by atoms with van der Waals surface area (Å²) in [5.41, 5.74) is 8.27. The maximum atomic E-state index is 12.8. The summed E-state index contributed by atoms with van der Waals surface area (Å²) >= 11 is 0. The van der Waals surface area contributed by atoms with Gasteiger partial charge in [0.15, 0.2) is 11.5 Å². The molecule has 1 saturated heterocycles. The molecule has 2 atom stereocenters. The van der Waals surface area contributed by atoms with Crippen molar-refractivity contribution in [2.75, 3.05) is 20.8 Å². The van der Waals surface area contributed by atoms with Crippen LogP contribution in [0.1, 0.15) is 31.0 Å². The van der Waals surface area contributed by atoms with Gasteiger partial charge in [-0.3, -0.25) is 10.2 Å². The van der Waals surface area contributed by atoms with Gasteiger partial charge in [-0.1, -0.05) is 18.2 Å². The van der Waals surface area contributed by atoms with Crippen LogP contribution in [-0.4, -0.2) is 32.8 Å². The SMILES string of the molecule is COc1ccc(C2NNCC2C(=O)NCc2ccc(OC(C)C)cc2)cc1OC. The highest BCUT2D eigenvalue weighted by atomic mass is 16.5. The second-order valence-electron chi connectivity index (χ2n) is 7.25. The fourth-order valence-corrected chi connectivity index (χ4v) is 3.38. The Kier molecular flexibility index (Phi) is 6.95. The van der Waals surface area contributed by atoms with E-state index in [4.69, 9.17) is 14.2 Å². The molecule has 2 aromatic rings. The first-order valence-electron chi connectivity index (χ1n) is 9.75. The van der Waals surface area contributed by atoms with E-state index in [1.165, 1.54) is 0 Å². The van der Waals surface area contributed by atoms with E-state index in [1.807, 2.05) is 56.3 Å². The molecule has 1 aliphatic heterocycles. The molecule has 0 aliphatic carbocycles. The van der Waals surface area contributed by atoms with Crippen LogP contribution in [0.2, 0.25) is 0 Å². The lowest BCUT2D eigenvalue weighted by molar-refractivity contribution is -0.125. The van der Waals surface area contributed by atoms with Gasteiger partial charge in [0.25, 0.3) is 0 Å². The van der Waals surface area contributed by atoms with Crippen LogP contribution in [0.15, 0.2) is 42.5 Å². The minimum absolute atomic E-state index is 0.00945. The highest BCUT2D eigenvalue weighted by Gasteiger charge is 2.34. The number of hydrazine groups is 1. The smallest absolute Gasteiger partial charge is 0.226 e. The van der Waals surface area contributed by atoms with Crippen LogP contribution in [0.5, 0.6) is 17.2 Å². The lowest BCUT2D eigenvalue weighted by atomic mass is 9.93. The number of rotatable bonds is 8. The van der Waals surface area contributed by atoms with Crippen molar-refractivity contribution < 1.29 is 19.0 Å². The fraction of sp³-hybridized carbons (Fsp3) is 0.409. The second kappa shape index (κ2) is 9.62. The Balaban J connectivity index is 1.63. The minimum Gasteiger partial charge on any atom is -0.493 e. The number of nitrogens with one attached hydrogen (secondary N) is 3. The molecule has 2 aromatic carbocycles. The maximum Gasteiger partial charge on any atom is 0.226 e. The standard InChI is InChI=1S/C22H29N3O4/c1-14(2)29-17-8-5-15(6-9-17)12-23-22(26)18-13-24-25-21(18)16-7-10-19(27-3)20(11-16)28-4/h5-11,14,18,21,24-25H,12-13H2,1-4H3,(H,23,26). The van der Waals surface area contributed by atoms with Crippen molar-refractivity contribution in [2.24, 2.45) is 5.92 Å². The molecule has 0 saturated carbocycles. The van der Waals surface area contributed by atoms with Crippen molar-refractivity contribution >= 4 is 5.91 Å². The normalized spacial score (nSPS) is 18.5. The Hall–Kier alpha value is -2.77. The molecule has 7 heteroatoms. The van der Waals surface area contributed by atoms with Crippen LogP contribution < -0.4 is 30.4 Å². The predicted octanol–water partition coefficient (Wildman–Crippen LogP) is 2.57. The van der Waals surface area contributed by atoms with Crippen molar-refractivity contribution in [2.45, 2.75) is 32.5 Å². The Morgan fingerprint density at radius 1 is 1.10 bits per heavy atom. The first kappa shape index (κ1) is 21.0. The highest BCUT2D eigenvalue weighted by Crippen LogP contribution is 2.33. The molecule has 1 amide bonds. The Morgan fingerprint density at radius 3 is 2.48 bits per heavy atom. The summed E-state index contributed by atoms with van der Waals surface area (Å²) in [4.78, 5) is 12.8. The molecule has 1 fully saturated rings. The maximum absolute atomic E-state index is 12.8. The van der Waals surface area contributed by atoms with E-state index >= 15 is 0 Å². The van der Waals surface area contributed by atoms with Gasteiger partial charge in [-0.2, -0.15) is 0 Å². The molecule has 2 unspecified atom stereocenters. The van der Waals surface area contributed by atoms with E-state index in [-0.39, 0.29) is 24.0 Å². The topological polar surface area (TPSA) is 80.9 Å². The lowest BCUT2D eigenvalue weighted by Gasteiger charge is -2.20. The molecule has 156 valence electrons. The number of benzene rings is 2. The Morgan fingerprint density at radius 2 is 1.83 bits per heavy atom. The summed E-state index contributed by atoms with van der Waals surface area (Å²) < 4.78 is 16.3. The van der Waals surface area contributed by atoms with E-state index in [0.29, 0.717) is 24.6 Å². The van der Waals surface area contributed by atoms with Gasteiger partial charge < -0.3 is 19.5 Å². The predicted molar refractivity (Wildman–Crippen MR) is 111 cm³/mol. The van der Waals surface area contributed by atoms with Gasteiger partial charge in [-0.15, -0.1) is 0 Å². The number of carbonyl (C=O) groups excluding carboxylic acids is 1. The molecule has 0 radical (unpaired) electrons. The molecule has 29 heavy (non-hydrogen) atoms. The first-order chi connectivity index (χ1) is 14.0. The van der Waals surface area contributed by atoms with E-state index in [2.05, 4.69) is 16.2 Å². The summed E-state index contributed by atoms with van der Waals surface area (Å²) in [6.07, 6.45) is 0.136. The zero-order valence-electron chi connectivity index (χ0n) is 17.3. The minimum atomic E-state index is -0.239. The number of hydrogen-bond donors (Lipinski definition) is 3. The van der Waals surface area contributed by atoms with Crippen LogP contribution in [0, 0.1) is 5.92 Å². The van der Waals surface area contributed by atoms with E-state index < -0.39 is 0 Å². The summed E-state index contributed by atoms with van der Waals surface area (Å²) in [7, 11) is 3.20. The molecule has 1 aliphatic rings. The molecular weight excluding hydrogens is 370 g/mol. The number of ether oxygens (including phenoxy) is 3. The van der Waals surface area contributed by atoms with Gasteiger partial charge in [-0.05, 0) is 49.2 Å². The van der Waals surface area contributed by atoms with Crippen LogP contribution >= 0.6 is 0 Å². The molecule has 3 rings (SSSR count). The van der Waals surface area contributed by atoms with E-state index in [0.717, 1.165) is 16.9 Å². The average Bonchev–Trinajstić information content (AvgIpc) is 3.22. The zero-order valence-corrected chi connectivity index (χ0v) is 17.3. The van der Waals surface area contributed by atoms with Gasteiger partial charge in [0.2, 0.25) is 5.91 Å². The van der Waals surface area contributed by atoms with Crippen molar-refractivity contribution in [1.82, 2.24) is 16.2 Å². The van der Waals surface area contributed by atoms with Gasteiger partial charge in [0.05, 0.1) is 32.3 Å². The van der Waals surface area contributed by atoms with Gasteiger partial charge >= 0.3 is 0 Å². The van der Waals surface area contributed by atoms with Crippen LogP contribution in [0.25, 0.3) is 0 Å². The third-order valence-electron chi connectivity index (χ3n) is 4.85. The summed E-state index contributed by atoms with van der Waals surface area (Å²) in [6, 6.07) is 13.3. The first-order valence-corrected chi connectivity index (χ1v) is 9.75. The average molecular weight is 399 g/mol. The number of hydrogen-bond acceptors (Lipinski definition) is 6. The van der Waals surface area contributed by atoms with Crippen molar-refractivity contribution in [3.63, 3.8) is 0 Å². The molecule has 0 bridgehead atoms.